The van der Waals surface area contributed by atoms with Crippen LogP contribution in [0.4, 0.5) is 11.4 Å². The minimum atomic E-state index is -0.571. The lowest BCUT2D eigenvalue weighted by atomic mass is 10.1. The van der Waals surface area contributed by atoms with Crippen molar-refractivity contribution >= 4 is 40.2 Å². The minimum absolute atomic E-state index is 0.0470. The number of benzene rings is 2. The van der Waals surface area contributed by atoms with Gasteiger partial charge < -0.3 is 5.32 Å². The average molecular weight is 374 g/mol. The molecule has 0 radical (unpaired) electrons. The van der Waals surface area contributed by atoms with Crippen LogP contribution in [0.5, 0.6) is 0 Å². The molecule has 0 saturated heterocycles. The van der Waals surface area contributed by atoms with E-state index in [-0.39, 0.29) is 16.3 Å². The lowest BCUT2D eigenvalue weighted by Gasteiger charge is -2.08. The predicted octanol–water partition coefficient (Wildman–Crippen LogP) is 4.93. The summed E-state index contributed by atoms with van der Waals surface area (Å²) in [6, 6.07) is 11.0. The van der Waals surface area contributed by atoms with Crippen molar-refractivity contribution in [1.29, 1.82) is 0 Å². The quantitative estimate of drug-likeness (QED) is 0.518. The summed E-state index contributed by atoms with van der Waals surface area (Å²) in [7, 11) is 0. The van der Waals surface area contributed by atoms with E-state index in [1.165, 1.54) is 12.1 Å². The van der Waals surface area contributed by atoms with E-state index in [9.17, 15) is 14.9 Å². The molecule has 3 aromatic rings. The van der Waals surface area contributed by atoms with Gasteiger partial charge >= 0.3 is 0 Å². The number of carbonyl (C=O) groups is 1. The maximum absolute atomic E-state index is 12.4. The molecule has 0 aliphatic rings. The first-order valence-electron chi connectivity index (χ1n) is 7.22. The van der Waals surface area contributed by atoms with E-state index in [0.717, 1.165) is 22.3 Å². The van der Waals surface area contributed by atoms with Crippen LogP contribution >= 0.6 is 22.9 Å². The van der Waals surface area contributed by atoms with Gasteiger partial charge in [-0.25, -0.2) is 4.98 Å². The average Bonchev–Trinajstić information content (AvgIpc) is 3.01. The minimum Gasteiger partial charge on any atom is -0.322 e. The molecule has 2 aromatic carbocycles. The first kappa shape index (κ1) is 17.1. The van der Waals surface area contributed by atoms with Gasteiger partial charge in [0.15, 0.2) is 0 Å². The molecule has 0 atom stereocenters. The number of nitrogens with one attached hydrogen (secondary N) is 1. The molecule has 6 nitrogen and oxygen atoms in total. The van der Waals surface area contributed by atoms with Crippen molar-refractivity contribution in [2.45, 2.75) is 6.92 Å². The van der Waals surface area contributed by atoms with Crippen LogP contribution in [0.1, 0.15) is 15.4 Å². The summed E-state index contributed by atoms with van der Waals surface area (Å²) in [6.45, 7) is 1.92. The number of hydrogen-bond acceptors (Lipinski definition) is 5. The maximum Gasteiger partial charge on any atom is 0.270 e. The van der Waals surface area contributed by atoms with Crippen LogP contribution in [-0.2, 0) is 0 Å². The van der Waals surface area contributed by atoms with Gasteiger partial charge in [-0.05, 0) is 25.1 Å². The van der Waals surface area contributed by atoms with E-state index in [0.29, 0.717) is 5.69 Å². The Labute approximate surface area is 152 Å². The van der Waals surface area contributed by atoms with Gasteiger partial charge in [-0.15, -0.1) is 11.3 Å². The first-order chi connectivity index (χ1) is 11.9. The van der Waals surface area contributed by atoms with Gasteiger partial charge in [0.05, 0.1) is 26.2 Å². The molecule has 0 aliphatic heterocycles. The fourth-order valence-corrected chi connectivity index (χ4v) is 3.08. The summed E-state index contributed by atoms with van der Waals surface area (Å²) in [5.41, 5.74) is 2.10. The zero-order valence-electron chi connectivity index (χ0n) is 13.0. The van der Waals surface area contributed by atoms with Crippen molar-refractivity contribution in [3.05, 3.63) is 73.6 Å². The Balaban J connectivity index is 1.86. The summed E-state index contributed by atoms with van der Waals surface area (Å²) in [4.78, 5) is 27.1. The number of thiazole rings is 1. The Morgan fingerprint density at radius 3 is 2.76 bits per heavy atom. The summed E-state index contributed by atoms with van der Waals surface area (Å²) >= 11 is 7.54. The first-order valence-corrected chi connectivity index (χ1v) is 8.47. The molecule has 1 N–H and O–H groups in total. The highest BCUT2D eigenvalue weighted by Gasteiger charge is 2.16. The summed E-state index contributed by atoms with van der Waals surface area (Å²) in [6.07, 6.45) is 0. The highest BCUT2D eigenvalue weighted by Crippen LogP contribution is 2.26. The Kier molecular flexibility index (Phi) is 4.78. The Hall–Kier alpha value is -2.77. The molecule has 0 bridgehead atoms. The number of amides is 1. The Morgan fingerprint density at radius 1 is 1.28 bits per heavy atom. The van der Waals surface area contributed by atoms with Crippen LogP contribution in [0.3, 0.4) is 0 Å². The van der Waals surface area contributed by atoms with Crippen molar-refractivity contribution in [2.24, 2.45) is 0 Å². The number of nitrogens with zero attached hydrogens (tertiary/aromatic N) is 2. The number of hydrogen-bond donors (Lipinski definition) is 1. The summed E-state index contributed by atoms with van der Waals surface area (Å²) < 4.78 is 0. The van der Waals surface area contributed by atoms with Gasteiger partial charge in [0, 0.05) is 28.8 Å². The van der Waals surface area contributed by atoms with Crippen LogP contribution in [0.2, 0.25) is 5.02 Å². The molecule has 8 heteroatoms. The highest BCUT2D eigenvalue weighted by atomic mass is 35.5. The van der Waals surface area contributed by atoms with E-state index in [1.807, 2.05) is 18.4 Å². The number of nitro benzene ring substituents is 1. The molecule has 1 aromatic heterocycles. The van der Waals surface area contributed by atoms with Crippen LogP contribution < -0.4 is 5.32 Å². The molecule has 0 spiro atoms. The Morgan fingerprint density at radius 2 is 2.08 bits per heavy atom. The molecule has 126 valence electrons. The number of nitro groups is 1. The second-order valence-electron chi connectivity index (χ2n) is 5.21. The van der Waals surface area contributed by atoms with Crippen molar-refractivity contribution in [1.82, 2.24) is 4.98 Å². The van der Waals surface area contributed by atoms with Crippen LogP contribution in [0.25, 0.3) is 11.3 Å². The summed E-state index contributed by atoms with van der Waals surface area (Å²) in [5, 5.41) is 16.6. The van der Waals surface area contributed by atoms with Crippen molar-refractivity contribution in [2.75, 3.05) is 5.32 Å². The van der Waals surface area contributed by atoms with Crippen molar-refractivity contribution in [3.63, 3.8) is 0 Å². The van der Waals surface area contributed by atoms with E-state index in [2.05, 4.69) is 10.3 Å². The molecule has 1 amide bonds. The molecular formula is C17H12ClN3O3S. The normalized spacial score (nSPS) is 10.5. The lowest BCUT2D eigenvalue weighted by molar-refractivity contribution is -0.384. The smallest absolute Gasteiger partial charge is 0.270 e. The third kappa shape index (κ3) is 3.84. The number of carbonyl (C=O) groups excluding carboxylic acids is 1. The molecule has 3 rings (SSSR count). The van der Waals surface area contributed by atoms with E-state index >= 15 is 0 Å². The van der Waals surface area contributed by atoms with E-state index in [4.69, 9.17) is 11.6 Å². The predicted molar refractivity (Wildman–Crippen MR) is 98.3 cm³/mol. The number of anilines is 1. The SMILES string of the molecule is Cc1nc(-c2cccc(NC(=O)c3cc([N+](=O)[O-])ccc3Cl)c2)cs1. The molecule has 0 aliphatic carbocycles. The zero-order valence-corrected chi connectivity index (χ0v) is 14.6. The van der Waals surface area contributed by atoms with E-state index in [1.54, 1.807) is 29.5 Å². The maximum atomic E-state index is 12.4. The molecule has 0 unspecified atom stereocenters. The molecule has 1 heterocycles. The van der Waals surface area contributed by atoms with E-state index < -0.39 is 10.8 Å². The number of halogens is 1. The third-order valence-corrected chi connectivity index (χ3v) is 4.54. The van der Waals surface area contributed by atoms with Gasteiger partial charge in [-0.1, -0.05) is 23.7 Å². The second kappa shape index (κ2) is 7.00. The molecule has 25 heavy (non-hydrogen) atoms. The second-order valence-corrected chi connectivity index (χ2v) is 6.68. The lowest BCUT2D eigenvalue weighted by Crippen LogP contribution is -2.12. The number of rotatable bonds is 4. The monoisotopic (exact) mass is 373 g/mol. The van der Waals surface area contributed by atoms with Crippen molar-refractivity contribution < 1.29 is 9.72 Å². The van der Waals surface area contributed by atoms with Crippen LogP contribution in [0, 0.1) is 17.0 Å². The Bertz CT molecular complexity index is 971. The molecular weight excluding hydrogens is 362 g/mol. The molecule has 0 saturated carbocycles. The number of aryl methyl sites for hydroxylation is 1. The zero-order chi connectivity index (χ0) is 18.0. The number of non-ortho nitro benzene ring substituents is 1. The van der Waals surface area contributed by atoms with Gasteiger partial charge in [0.2, 0.25) is 0 Å². The third-order valence-electron chi connectivity index (χ3n) is 3.44. The fourth-order valence-electron chi connectivity index (χ4n) is 2.25. The van der Waals surface area contributed by atoms with Gasteiger partial charge in [0.1, 0.15) is 0 Å². The van der Waals surface area contributed by atoms with Gasteiger partial charge in [0.25, 0.3) is 11.6 Å². The standard InChI is InChI=1S/C17H12ClN3O3S/c1-10-19-16(9-25-10)11-3-2-4-12(7-11)20-17(22)14-8-13(21(23)24)5-6-15(14)18/h2-9H,1H3,(H,20,22). The van der Waals surface area contributed by atoms with Crippen LogP contribution in [0.15, 0.2) is 47.8 Å². The van der Waals surface area contributed by atoms with Crippen LogP contribution in [-0.4, -0.2) is 15.8 Å². The van der Waals surface area contributed by atoms with Gasteiger partial charge in [-0.2, -0.15) is 0 Å². The fraction of sp³-hybridized carbons (Fsp3) is 0.0588. The highest BCUT2D eigenvalue weighted by molar-refractivity contribution is 7.09. The summed E-state index contributed by atoms with van der Waals surface area (Å²) in [5.74, 6) is -0.514. The van der Waals surface area contributed by atoms with Gasteiger partial charge in [-0.3, -0.25) is 14.9 Å². The number of aromatic nitrogens is 1. The molecule has 0 fully saturated rings. The largest absolute Gasteiger partial charge is 0.322 e. The topological polar surface area (TPSA) is 85.1 Å². The van der Waals surface area contributed by atoms with Crippen molar-refractivity contribution in [3.8, 4) is 11.3 Å².